The zero-order chi connectivity index (χ0) is 18.1. The summed E-state index contributed by atoms with van der Waals surface area (Å²) >= 11 is 13.3. The van der Waals surface area contributed by atoms with Crippen LogP contribution in [0.1, 0.15) is 31.3 Å². The largest absolute Gasteiger partial charge is 0.388 e. The van der Waals surface area contributed by atoms with Crippen LogP contribution in [-0.2, 0) is 17.5 Å². The highest BCUT2D eigenvalue weighted by molar-refractivity contribution is 7.99. The molecule has 0 spiro atoms. The minimum Gasteiger partial charge on any atom is -0.388 e. The molecule has 10 heteroatoms. The Balaban J connectivity index is 2.56. The lowest BCUT2D eigenvalue weighted by Gasteiger charge is -2.13. The van der Waals surface area contributed by atoms with E-state index in [-0.39, 0.29) is 11.7 Å². The second-order valence-corrected chi connectivity index (χ2v) is 9.02. The minimum atomic E-state index is -4.35. The molecule has 0 amide bonds. The van der Waals surface area contributed by atoms with Crippen LogP contribution in [0.3, 0.4) is 0 Å². The van der Waals surface area contributed by atoms with Crippen molar-refractivity contribution in [3.8, 4) is 0 Å². The molecular formula is C14H17Cl2N2O4PS. The fourth-order valence-electron chi connectivity index (χ4n) is 2.14. The van der Waals surface area contributed by atoms with Crippen molar-refractivity contribution >= 4 is 42.6 Å². The molecule has 132 valence electrons. The maximum atomic E-state index is 11.5. The van der Waals surface area contributed by atoms with Crippen molar-refractivity contribution in [2.24, 2.45) is 0 Å². The summed E-state index contributed by atoms with van der Waals surface area (Å²) in [6.45, 7) is 3.41. The van der Waals surface area contributed by atoms with E-state index in [2.05, 4.69) is 4.98 Å². The number of rotatable bonds is 6. The average Bonchev–Trinajstić information content (AvgIpc) is 2.74. The van der Waals surface area contributed by atoms with E-state index in [0.717, 1.165) is 0 Å². The number of halogens is 2. The Hall–Kier alpha value is -0.530. The van der Waals surface area contributed by atoms with E-state index in [1.807, 2.05) is 13.8 Å². The predicted molar refractivity (Wildman–Crippen MR) is 94.9 cm³/mol. The number of aliphatic hydroxyl groups is 1. The Morgan fingerprint density at radius 1 is 1.25 bits per heavy atom. The van der Waals surface area contributed by atoms with Gasteiger partial charge >= 0.3 is 7.60 Å². The third-order valence-electron chi connectivity index (χ3n) is 3.09. The summed E-state index contributed by atoms with van der Waals surface area (Å²) in [5.41, 5.74) is 0.647. The number of hydrogen-bond donors (Lipinski definition) is 3. The van der Waals surface area contributed by atoms with Crippen LogP contribution >= 0.6 is 42.6 Å². The molecule has 1 aromatic heterocycles. The Bertz CT molecular complexity index is 771. The van der Waals surface area contributed by atoms with Crippen molar-refractivity contribution in [2.45, 2.75) is 42.6 Å². The van der Waals surface area contributed by atoms with E-state index in [4.69, 9.17) is 23.2 Å². The van der Waals surface area contributed by atoms with Gasteiger partial charge in [-0.05, 0) is 24.1 Å². The molecule has 0 aliphatic heterocycles. The maximum absolute atomic E-state index is 11.5. The summed E-state index contributed by atoms with van der Waals surface area (Å²) in [6, 6.07) is 5.01. The quantitative estimate of drug-likeness (QED) is 0.620. The second-order valence-electron chi connectivity index (χ2n) is 5.47. The molecule has 0 aliphatic rings. The van der Waals surface area contributed by atoms with Crippen LogP contribution < -0.4 is 0 Å². The van der Waals surface area contributed by atoms with Gasteiger partial charge in [-0.15, -0.1) is 0 Å². The third-order valence-corrected chi connectivity index (χ3v) is 5.27. The molecule has 24 heavy (non-hydrogen) atoms. The van der Waals surface area contributed by atoms with Crippen molar-refractivity contribution < 1.29 is 19.5 Å². The molecule has 0 saturated carbocycles. The van der Waals surface area contributed by atoms with Crippen molar-refractivity contribution in [1.82, 2.24) is 9.55 Å². The highest BCUT2D eigenvalue weighted by Gasteiger charge is 2.25. The lowest BCUT2D eigenvalue weighted by atomic mass is 10.2. The lowest BCUT2D eigenvalue weighted by Crippen LogP contribution is -2.06. The summed E-state index contributed by atoms with van der Waals surface area (Å²) < 4.78 is 12.8. The van der Waals surface area contributed by atoms with Gasteiger partial charge in [-0.3, -0.25) is 4.57 Å². The standard InChI is InChI=1S/C14H17Cl2N2O4PS/c1-8(2)13-14(24-11-4-9(15)3-10(16)5-11)18(7-23(20,21)22)12(6-19)17-13/h3-5,8,19H,6-7H2,1-2H3,(H2,20,21,22). The first-order valence-electron chi connectivity index (χ1n) is 6.99. The monoisotopic (exact) mass is 410 g/mol. The van der Waals surface area contributed by atoms with E-state index in [1.165, 1.54) is 16.3 Å². The van der Waals surface area contributed by atoms with Gasteiger partial charge in [0, 0.05) is 14.9 Å². The molecule has 0 aliphatic carbocycles. The normalized spacial score (nSPS) is 12.2. The SMILES string of the molecule is CC(C)c1nc(CO)n(CP(=O)(O)O)c1Sc1cc(Cl)cc(Cl)c1. The van der Waals surface area contributed by atoms with Crippen LogP contribution in [0, 0.1) is 0 Å². The van der Waals surface area contributed by atoms with E-state index in [1.54, 1.807) is 18.2 Å². The summed E-state index contributed by atoms with van der Waals surface area (Å²) in [6.07, 6.45) is -0.556. The van der Waals surface area contributed by atoms with E-state index < -0.39 is 20.5 Å². The Kier molecular flexibility index (Phi) is 6.42. The first kappa shape index (κ1) is 19.8. The molecule has 0 atom stereocenters. The summed E-state index contributed by atoms with van der Waals surface area (Å²) in [5, 5.41) is 11.0. The molecule has 0 fully saturated rings. The fourth-order valence-corrected chi connectivity index (χ4v) is 4.82. The van der Waals surface area contributed by atoms with Gasteiger partial charge in [-0.25, -0.2) is 4.98 Å². The lowest BCUT2D eigenvalue weighted by molar-refractivity contribution is 0.264. The van der Waals surface area contributed by atoms with Crippen LogP contribution in [0.2, 0.25) is 10.0 Å². The predicted octanol–water partition coefficient (Wildman–Crippen LogP) is 4.09. The first-order chi connectivity index (χ1) is 11.1. The molecule has 0 bridgehead atoms. The van der Waals surface area contributed by atoms with Gasteiger partial charge in [-0.2, -0.15) is 0 Å². The molecule has 2 rings (SSSR count). The average molecular weight is 411 g/mol. The Morgan fingerprint density at radius 3 is 2.29 bits per heavy atom. The number of hydrogen-bond acceptors (Lipinski definition) is 4. The third kappa shape index (κ3) is 4.99. The Morgan fingerprint density at radius 2 is 1.83 bits per heavy atom. The van der Waals surface area contributed by atoms with Gasteiger partial charge in [0.1, 0.15) is 23.7 Å². The Labute approximate surface area is 154 Å². The van der Waals surface area contributed by atoms with Gasteiger partial charge in [0.15, 0.2) is 0 Å². The molecule has 2 aromatic rings. The van der Waals surface area contributed by atoms with Gasteiger partial charge < -0.3 is 19.5 Å². The van der Waals surface area contributed by atoms with Crippen molar-refractivity contribution in [3.05, 3.63) is 39.8 Å². The van der Waals surface area contributed by atoms with Gasteiger partial charge in [-0.1, -0.05) is 48.8 Å². The van der Waals surface area contributed by atoms with Gasteiger partial charge in [0.2, 0.25) is 0 Å². The van der Waals surface area contributed by atoms with E-state index >= 15 is 0 Å². The smallest absolute Gasteiger partial charge is 0.345 e. The van der Waals surface area contributed by atoms with E-state index in [9.17, 15) is 19.5 Å². The van der Waals surface area contributed by atoms with Crippen molar-refractivity contribution in [3.63, 3.8) is 0 Å². The molecule has 3 N–H and O–H groups in total. The summed E-state index contributed by atoms with van der Waals surface area (Å²) in [7, 11) is -4.35. The van der Waals surface area contributed by atoms with Crippen LogP contribution in [-0.4, -0.2) is 24.4 Å². The molecule has 0 unspecified atom stereocenters. The molecule has 1 heterocycles. The molecule has 0 saturated heterocycles. The number of aliphatic hydroxyl groups excluding tert-OH is 1. The number of imidazole rings is 1. The van der Waals surface area contributed by atoms with Crippen LogP contribution in [0.25, 0.3) is 0 Å². The van der Waals surface area contributed by atoms with E-state index in [0.29, 0.717) is 25.7 Å². The van der Waals surface area contributed by atoms with Crippen LogP contribution in [0.5, 0.6) is 0 Å². The van der Waals surface area contributed by atoms with Crippen molar-refractivity contribution in [2.75, 3.05) is 0 Å². The number of nitrogens with zero attached hydrogens (tertiary/aromatic N) is 2. The first-order valence-corrected chi connectivity index (χ1v) is 10.4. The zero-order valence-electron chi connectivity index (χ0n) is 13.0. The second kappa shape index (κ2) is 7.79. The fraction of sp³-hybridized carbons (Fsp3) is 0.357. The van der Waals surface area contributed by atoms with Crippen LogP contribution in [0.15, 0.2) is 28.1 Å². The maximum Gasteiger partial charge on any atom is 0.345 e. The van der Waals surface area contributed by atoms with Crippen molar-refractivity contribution in [1.29, 1.82) is 0 Å². The zero-order valence-corrected chi connectivity index (χ0v) is 16.2. The summed E-state index contributed by atoms with van der Waals surface area (Å²) in [4.78, 5) is 23.7. The highest BCUT2D eigenvalue weighted by Crippen LogP contribution is 2.43. The van der Waals surface area contributed by atoms with Gasteiger partial charge in [0.05, 0.1) is 5.69 Å². The molecule has 6 nitrogen and oxygen atoms in total. The molecular weight excluding hydrogens is 394 g/mol. The molecule has 0 radical (unpaired) electrons. The highest BCUT2D eigenvalue weighted by atomic mass is 35.5. The topological polar surface area (TPSA) is 95.6 Å². The van der Waals surface area contributed by atoms with Gasteiger partial charge in [0.25, 0.3) is 0 Å². The summed E-state index contributed by atoms with van der Waals surface area (Å²) in [5.74, 6) is 0.211. The van der Waals surface area contributed by atoms with Crippen LogP contribution in [0.4, 0.5) is 0 Å². The minimum absolute atomic E-state index is 0.00507. The number of benzene rings is 1. The number of aromatic nitrogens is 2. The molecule has 1 aromatic carbocycles.